The summed E-state index contributed by atoms with van der Waals surface area (Å²) in [5.74, 6) is 2.82. The lowest BCUT2D eigenvalue weighted by atomic mass is 9.82. The molecule has 0 rings (SSSR count). The maximum atomic E-state index is 2.46. The Balaban J connectivity index is 3.95. The van der Waals surface area contributed by atoms with Crippen molar-refractivity contribution in [2.24, 2.45) is 17.8 Å². The van der Waals surface area contributed by atoms with Crippen molar-refractivity contribution in [1.29, 1.82) is 0 Å². The van der Waals surface area contributed by atoms with Crippen LogP contribution in [-0.2, 0) is 0 Å². The van der Waals surface area contributed by atoms with Gasteiger partial charge in [0, 0.05) is 0 Å². The molecule has 0 aromatic rings. The Labute approximate surface area is 104 Å². The summed E-state index contributed by atoms with van der Waals surface area (Å²) >= 11 is 0. The predicted molar refractivity (Wildman–Crippen MR) is 75.5 cm³/mol. The van der Waals surface area contributed by atoms with Crippen LogP contribution in [0.2, 0.25) is 0 Å². The van der Waals surface area contributed by atoms with Crippen LogP contribution in [0.1, 0.15) is 79.6 Å². The van der Waals surface area contributed by atoms with E-state index in [1.807, 2.05) is 0 Å². The van der Waals surface area contributed by atoms with Gasteiger partial charge in [-0.25, -0.2) is 0 Å². The standard InChI is InChI=1S/C16H33/c1-6-10-11-15(8-3)13-16(9-4)12-14(5)7-2/h10,14-16H,6-9,11-13H2,1-5H3. The van der Waals surface area contributed by atoms with Crippen molar-refractivity contribution >= 4 is 0 Å². The second-order valence-corrected chi connectivity index (χ2v) is 5.47. The third-order valence-corrected chi connectivity index (χ3v) is 4.04. The van der Waals surface area contributed by atoms with Gasteiger partial charge in [-0.3, -0.25) is 0 Å². The second-order valence-electron chi connectivity index (χ2n) is 5.47. The summed E-state index contributed by atoms with van der Waals surface area (Å²) in [6, 6.07) is 0. The zero-order valence-corrected chi connectivity index (χ0v) is 12.3. The third-order valence-electron chi connectivity index (χ3n) is 4.04. The lowest BCUT2D eigenvalue weighted by molar-refractivity contribution is 0.293. The summed E-state index contributed by atoms with van der Waals surface area (Å²) in [4.78, 5) is 0. The van der Waals surface area contributed by atoms with Crippen LogP contribution in [0.5, 0.6) is 0 Å². The van der Waals surface area contributed by atoms with E-state index in [0.29, 0.717) is 0 Å². The molecule has 0 aliphatic carbocycles. The van der Waals surface area contributed by atoms with Crippen LogP contribution in [0.25, 0.3) is 0 Å². The van der Waals surface area contributed by atoms with E-state index in [4.69, 9.17) is 0 Å². The molecule has 1 radical (unpaired) electrons. The molecule has 3 atom stereocenters. The molecule has 16 heavy (non-hydrogen) atoms. The van der Waals surface area contributed by atoms with Crippen LogP contribution in [0, 0.1) is 24.2 Å². The van der Waals surface area contributed by atoms with Crippen LogP contribution in [-0.4, -0.2) is 0 Å². The Kier molecular flexibility index (Phi) is 10.2. The molecule has 0 aromatic carbocycles. The van der Waals surface area contributed by atoms with Gasteiger partial charge in [-0.1, -0.05) is 60.3 Å². The molecule has 0 saturated heterocycles. The monoisotopic (exact) mass is 225 g/mol. The molecule has 3 unspecified atom stereocenters. The molecule has 0 heterocycles. The van der Waals surface area contributed by atoms with Gasteiger partial charge in [0.05, 0.1) is 0 Å². The first-order valence-electron chi connectivity index (χ1n) is 7.49. The van der Waals surface area contributed by atoms with Gasteiger partial charge in [-0.15, -0.1) is 0 Å². The van der Waals surface area contributed by atoms with E-state index >= 15 is 0 Å². The van der Waals surface area contributed by atoms with Crippen molar-refractivity contribution in [1.82, 2.24) is 0 Å². The summed E-state index contributed by atoms with van der Waals surface area (Å²) in [5, 5.41) is 0. The summed E-state index contributed by atoms with van der Waals surface area (Å²) in [5.41, 5.74) is 0. The van der Waals surface area contributed by atoms with Gasteiger partial charge in [0.1, 0.15) is 0 Å². The molecule has 0 bridgehead atoms. The Morgan fingerprint density at radius 3 is 1.88 bits per heavy atom. The summed E-state index contributed by atoms with van der Waals surface area (Å²) in [6.45, 7) is 11.7. The molecule has 0 aliphatic rings. The third kappa shape index (κ3) is 7.30. The maximum absolute atomic E-state index is 2.46. The Bertz CT molecular complexity index is 139. The zero-order chi connectivity index (χ0) is 12.4. The van der Waals surface area contributed by atoms with Crippen molar-refractivity contribution in [3.63, 3.8) is 0 Å². The molecule has 0 spiro atoms. The molecule has 0 nitrogen and oxygen atoms in total. The Hall–Kier alpha value is 0. The molecule has 0 saturated carbocycles. The molecule has 0 amide bonds. The van der Waals surface area contributed by atoms with E-state index in [-0.39, 0.29) is 0 Å². The van der Waals surface area contributed by atoms with Crippen molar-refractivity contribution < 1.29 is 0 Å². The molecule has 0 aromatic heterocycles. The van der Waals surface area contributed by atoms with Gasteiger partial charge in [-0.2, -0.15) is 0 Å². The summed E-state index contributed by atoms with van der Waals surface area (Å²) < 4.78 is 0. The van der Waals surface area contributed by atoms with E-state index < -0.39 is 0 Å². The second kappa shape index (κ2) is 10.2. The van der Waals surface area contributed by atoms with Crippen molar-refractivity contribution in [3.05, 3.63) is 6.42 Å². The Morgan fingerprint density at radius 2 is 1.44 bits per heavy atom. The molecular formula is C16H33. The van der Waals surface area contributed by atoms with Gasteiger partial charge >= 0.3 is 0 Å². The first-order chi connectivity index (χ1) is 7.67. The average molecular weight is 225 g/mol. The van der Waals surface area contributed by atoms with E-state index in [1.54, 1.807) is 0 Å². The number of hydrogen-bond acceptors (Lipinski definition) is 0. The first kappa shape index (κ1) is 16.0. The molecule has 97 valence electrons. The minimum Gasteiger partial charge on any atom is -0.0651 e. The summed E-state index contributed by atoms with van der Waals surface area (Å²) in [7, 11) is 0. The van der Waals surface area contributed by atoms with Gasteiger partial charge < -0.3 is 0 Å². The predicted octanol–water partition coefficient (Wildman–Crippen LogP) is 5.87. The van der Waals surface area contributed by atoms with E-state index in [2.05, 4.69) is 41.0 Å². The normalized spacial score (nSPS) is 17.1. The van der Waals surface area contributed by atoms with Crippen LogP contribution in [0.4, 0.5) is 0 Å². The lowest BCUT2D eigenvalue weighted by Gasteiger charge is -2.24. The molecule has 0 heteroatoms. The van der Waals surface area contributed by atoms with Crippen LogP contribution in [0.15, 0.2) is 0 Å². The Morgan fingerprint density at radius 1 is 0.812 bits per heavy atom. The van der Waals surface area contributed by atoms with Crippen molar-refractivity contribution in [3.8, 4) is 0 Å². The molecule has 0 aliphatic heterocycles. The van der Waals surface area contributed by atoms with E-state index in [1.165, 1.54) is 44.9 Å². The number of unbranched alkanes of at least 4 members (excludes halogenated alkanes) is 1. The topological polar surface area (TPSA) is 0 Å². The number of hydrogen-bond donors (Lipinski definition) is 0. The van der Waals surface area contributed by atoms with Gasteiger partial charge in [0.15, 0.2) is 0 Å². The minimum atomic E-state index is 0.914. The molecule has 0 N–H and O–H groups in total. The number of rotatable bonds is 10. The highest BCUT2D eigenvalue weighted by Gasteiger charge is 2.15. The van der Waals surface area contributed by atoms with Crippen LogP contribution < -0.4 is 0 Å². The van der Waals surface area contributed by atoms with E-state index in [9.17, 15) is 0 Å². The largest absolute Gasteiger partial charge is 0.0651 e. The zero-order valence-electron chi connectivity index (χ0n) is 12.3. The van der Waals surface area contributed by atoms with Gasteiger partial charge in [0.25, 0.3) is 0 Å². The maximum Gasteiger partial charge on any atom is -0.0386 e. The van der Waals surface area contributed by atoms with Crippen LogP contribution in [0.3, 0.4) is 0 Å². The molecule has 0 fully saturated rings. The average Bonchev–Trinajstić information content (AvgIpc) is 2.32. The van der Waals surface area contributed by atoms with Crippen LogP contribution >= 0.6 is 0 Å². The minimum absolute atomic E-state index is 0.914. The summed E-state index contributed by atoms with van der Waals surface area (Å²) in [6.07, 6.45) is 12.0. The molecular weight excluding hydrogens is 192 g/mol. The highest BCUT2D eigenvalue weighted by molar-refractivity contribution is 4.73. The SMILES string of the molecule is CC[CH]CC(CC)CC(CC)CC(C)CC. The lowest BCUT2D eigenvalue weighted by Crippen LogP contribution is -2.11. The van der Waals surface area contributed by atoms with Gasteiger partial charge in [0.2, 0.25) is 0 Å². The quantitative estimate of drug-likeness (QED) is 0.436. The highest BCUT2D eigenvalue weighted by atomic mass is 14.2. The fourth-order valence-electron chi connectivity index (χ4n) is 2.47. The van der Waals surface area contributed by atoms with Gasteiger partial charge in [-0.05, 0) is 43.4 Å². The fourth-order valence-corrected chi connectivity index (χ4v) is 2.47. The van der Waals surface area contributed by atoms with Crippen molar-refractivity contribution in [2.75, 3.05) is 0 Å². The smallest absolute Gasteiger partial charge is 0.0386 e. The highest BCUT2D eigenvalue weighted by Crippen LogP contribution is 2.28. The van der Waals surface area contributed by atoms with Crippen molar-refractivity contribution in [2.45, 2.75) is 79.6 Å². The van der Waals surface area contributed by atoms with E-state index in [0.717, 1.165) is 17.8 Å². The fraction of sp³-hybridized carbons (Fsp3) is 0.938. The first-order valence-corrected chi connectivity index (χ1v) is 7.49.